The van der Waals surface area contributed by atoms with Crippen LogP contribution in [-0.2, 0) is 14.8 Å². The largest absolute Gasteiger partial charge is 0.573 e. The van der Waals surface area contributed by atoms with Crippen molar-refractivity contribution in [3.05, 3.63) is 24.3 Å². The van der Waals surface area contributed by atoms with E-state index < -0.39 is 28.2 Å². The fourth-order valence-electron chi connectivity index (χ4n) is 2.50. The molecule has 1 fully saturated rings. The van der Waals surface area contributed by atoms with Gasteiger partial charge in [-0.1, -0.05) is 0 Å². The minimum Gasteiger partial charge on any atom is -0.450 e. The number of hydrogen-bond donors (Lipinski definition) is 1. The zero-order valence-corrected chi connectivity index (χ0v) is 14.8. The number of amides is 1. The van der Waals surface area contributed by atoms with Gasteiger partial charge >= 0.3 is 12.5 Å². The molecule has 1 heterocycles. The fraction of sp³-hybridized carbons (Fsp3) is 0.533. The molecule has 2 rings (SSSR count). The van der Waals surface area contributed by atoms with Crippen molar-refractivity contribution in [2.45, 2.75) is 37.1 Å². The summed E-state index contributed by atoms with van der Waals surface area (Å²) in [7, 11) is -3.89. The van der Waals surface area contributed by atoms with E-state index in [0.29, 0.717) is 25.9 Å². The number of piperidine rings is 1. The predicted molar refractivity (Wildman–Crippen MR) is 85.1 cm³/mol. The minimum absolute atomic E-state index is 0.167. The molecule has 1 aromatic rings. The molecule has 0 bridgehead atoms. The topological polar surface area (TPSA) is 84.9 Å². The van der Waals surface area contributed by atoms with Gasteiger partial charge in [-0.3, -0.25) is 0 Å². The van der Waals surface area contributed by atoms with E-state index in [2.05, 4.69) is 9.46 Å². The van der Waals surface area contributed by atoms with E-state index in [1.165, 1.54) is 4.90 Å². The number of benzene rings is 1. The SMILES string of the molecule is CCOC(=O)N1CCC(NS(=O)(=O)c2ccc(OC(F)(F)F)cc2)CC1. The molecule has 1 aliphatic heterocycles. The van der Waals surface area contributed by atoms with Crippen LogP contribution in [0.3, 0.4) is 0 Å². The smallest absolute Gasteiger partial charge is 0.450 e. The van der Waals surface area contributed by atoms with Gasteiger partial charge in [-0.25, -0.2) is 17.9 Å². The molecule has 1 aromatic carbocycles. The maximum absolute atomic E-state index is 12.3. The van der Waals surface area contributed by atoms with Crippen LogP contribution in [0.2, 0.25) is 0 Å². The second-order valence-corrected chi connectivity index (χ2v) is 7.31. The Balaban J connectivity index is 1.94. The number of likely N-dealkylation sites (tertiary alicyclic amines) is 1. The van der Waals surface area contributed by atoms with Crippen LogP contribution in [0.25, 0.3) is 0 Å². The van der Waals surface area contributed by atoms with E-state index in [9.17, 15) is 26.4 Å². The number of nitrogens with one attached hydrogen (secondary N) is 1. The van der Waals surface area contributed by atoms with Gasteiger partial charge in [0, 0.05) is 19.1 Å². The Hall–Kier alpha value is -2.01. The van der Waals surface area contributed by atoms with E-state index in [1.54, 1.807) is 6.92 Å². The molecule has 0 atom stereocenters. The van der Waals surface area contributed by atoms with Gasteiger partial charge in [0.2, 0.25) is 10.0 Å². The predicted octanol–water partition coefficient (Wildman–Crippen LogP) is 2.48. The molecular weight excluding hydrogens is 377 g/mol. The van der Waals surface area contributed by atoms with Crippen molar-refractivity contribution in [2.24, 2.45) is 0 Å². The van der Waals surface area contributed by atoms with Gasteiger partial charge in [-0.05, 0) is 44.0 Å². The van der Waals surface area contributed by atoms with Crippen molar-refractivity contribution in [2.75, 3.05) is 19.7 Å². The number of ether oxygens (including phenoxy) is 2. The molecule has 0 aromatic heterocycles. The summed E-state index contributed by atoms with van der Waals surface area (Å²) in [6.07, 6.45) is -4.46. The Morgan fingerprint density at radius 2 is 1.81 bits per heavy atom. The van der Waals surface area contributed by atoms with Crippen LogP contribution in [0, 0.1) is 0 Å². The number of halogens is 3. The first-order valence-corrected chi connectivity index (χ1v) is 9.39. The molecule has 146 valence electrons. The zero-order chi connectivity index (χ0) is 19.4. The first kappa shape index (κ1) is 20.3. The highest BCUT2D eigenvalue weighted by Crippen LogP contribution is 2.24. The minimum atomic E-state index is -4.84. The third kappa shape index (κ3) is 5.77. The third-order valence-electron chi connectivity index (χ3n) is 3.71. The molecular formula is C15H19F3N2O5S. The average Bonchev–Trinajstić information content (AvgIpc) is 2.54. The van der Waals surface area contributed by atoms with Crippen LogP contribution in [0.5, 0.6) is 5.75 Å². The second kappa shape index (κ2) is 8.12. The number of rotatable bonds is 5. The van der Waals surface area contributed by atoms with E-state index in [4.69, 9.17) is 4.74 Å². The first-order valence-electron chi connectivity index (χ1n) is 7.90. The molecule has 0 radical (unpaired) electrons. The van der Waals surface area contributed by atoms with Crippen LogP contribution in [-0.4, -0.2) is 51.5 Å². The first-order chi connectivity index (χ1) is 12.1. The Morgan fingerprint density at radius 3 is 2.31 bits per heavy atom. The molecule has 0 saturated carbocycles. The number of nitrogens with zero attached hydrogens (tertiary/aromatic N) is 1. The molecule has 1 amide bonds. The summed E-state index contributed by atoms with van der Waals surface area (Å²) >= 11 is 0. The van der Waals surface area contributed by atoms with Crippen molar-refractivity contribution < 1.29 is 35.9 Å². The third-order valence-corrected chi connectivity index (χ3v) is 5.25. The lowest BCUT2D eigenvalue weighted by molar-refractivity contribution is -0.274. The maximum Gasteiger partial charge on any atom is 0.573 e. The van der Waals surface area contributed by atoms with Gasteiger partial charge < -0.3 is 14.4 Å². The highest BCUT2D eigenvalue weighted by molar-refractivity contribution is 7.89. The van der Waals surface area contributed by atoms with E-state index in [-0.39, 0.29) is 17.5 Å². The number of alkyl halides is 3. The summed E-state index contributed by atoms with van der Waals surface area (Å²) in [5.41, 5.74) is 0. The summed E-state index contributed by atoms with van der Waals surface area (Å²) in [6.45, 7) is 2.66. The van der Waals surface area contributed by atoms with Gasteiger partial charge in [0.25, 0.3) is 0 Å². The monoisotopic (exact) mass is 396 g/mol. The number of carbonyl (C=O) groups excluding carboxylic acids is 1. The van der Waals surface area contributed by atoms with Crippen LogP contribution in [0.15, 0.2) is 29.2 Å². The fourth-order valence-corrected chi connectivity index (χ4v) is 3.81. The van der Waals surface area contributed by atoms with Crippen LogP contribution >= 0.6 is 0 Å². The summed E-state index contributed by atoms with van der Waals surface area (Å²) in [6, 6.07) is 3.57. The summed E-state index contributed by atoms with van der Waals surface area (Å²) in [5, 5.41) is 0. The molecule has 0 unspecified atom stereocenters. The average molecular weight is 396 g/mol. The van der Waals surface area contributed by atoms with Gasteiger partial charge in [0.05, 0.1) is 11.5 Å². The Labute approximate surface area is 149 Å². The number of hydrogen-bond acceptors (Lipinski definition) is 5. The number of carbonyl (C=O) groups is 1. The molecule has 26 heavy (non-hydrogen) atoms. The van der Waals surface area contributed by atoms with Crippen LogP contribution < -0.4 is 9.46 Å². The molecule has 7 nitrogen and oxygen atoms in total. The number of sulfonamides is 1. The molecule has 1 N–H and O–H groups in total. The van der Waals surface area contributed by atoms with Crippen LogP contribution in [0.1, 0.15) is 19.8 Å². The van der Waals surface area contributed by atoms with Gasteiger partial charge in [0.1, 0.15) is 5.75 Å². The molecule has 1 aliphatic rings. The van der Waals surface area contributed by atoms with E-state index in [0.717, 1.165) is 24.3 Å². The molecule has 0 aliphatic carbocycles. The summed E-state index contributed by atoms with van der Waals surface area (Å²) < 4.78 is 72.2. The zero-order valence-electron chi connectivity index (χ0n) is 14.0. The standard InChI is InChI=1S/C15H19F3N2O5S/c1-2-24-14(21)20-9-7-11(8-10-20)19-26(22,23)13-5-3-12(4-6-13)25-15(16,17)18/h3-6,11,19H,2,7-10H2,1H3. The van der Waals surface area contributed by atoms with Crippen molar-refractivity contribution in [1.82, 2.24) is 9.62 Å². The van der Waals surface area contributed by atoms with Gasteiger partial charge in [-0.15, -0.1) is 13.2 Å². The Bertz CT molecular complexity index is 714. The molecule has 11 heteroatoms. The highest BCUT2D eigenvalue weighted by atomic mass is 32.2. The molecule has 1 saturated heterocycles. The van der Waals surface area contributed by atoms with Crippen molar-refractivity contribution in [3.8, 4) is 5.75 Å². The lowest BCUT2D eigenvalue weighted by Crippen LogP contribution is -2.46. The lowest BCUT2D eigenvalue weighted by Gasteiger charge is -2.31. The maximum atomic E-state index is 12.3. The summed E-state index contributed by atoms with van der Waals surface area (Å²) in [5.74, 6) is -0.501. The van der Waals surface area contributed by atoms with Gasteiger partial charge in [0.15, 0.2) is 0 Å². The summed E-state index contributed by atoms with van der Waals surface area (Å²) in [4.78, 5) is 12.9. The molecule has 0 spiro atoms. The van der Waals surface area contributed by atoms with Gasteiger partial charge in [-0.2, -0.15) is 0 Å². The van der Waals surface area contributed by atoms with E-state index >= 15 is 0 Å². The quantitative estimate of drug-likeness (QED) is 0.827. The van der Waals surface area contributed by atoms with Crippen molar-refractivity contribution >= 4 is 16.1 Å². The van der Waals surface area contributed by atoms with Crippen LogP contribution in [0.4, 0.5) is 18.0 Å². The highest BCUT2D eigenvalue weighted by Gasteiger charge is 2.31. The van der Waals surface area contributed by atoms with E-state index in [1.807, 2.05) is 0 Å². The lowest BCUT2D eigenvalue weighted by atomic mass is 10.1. The normalized spacial score (nSPS) is 16.4. The van der Waals surface area contributed by atoms with Crippen molar-refractivity contribution in [1.29, 1.82) is 0 Å². The second-order valence-electron chi connectivity index (χ2n) is 5.60. The Morgan fingerprint density at radius 1 is 1.23 bits per heavy atom. The van der Waals surface area contributed by atoms with Crippen molar-refractivity contribution in [3.63, 3.8) is 0 Å². The Kier molecular flexibility index (Phi) is 6.34.